The number of hydrogen-bond donors (Lipinski definition) is 1. The van der Waals surface area contributed by atoms with E-state index in [1.807, 2.05) is 12.3 Å². The maximum atomic E-state index is 13.3. The predicted octanol–water partition coefficient (Wildman–Crippen LogP) is 3.02. The van der Waals surface area contributed by atoms with Gasteiger partial charge in [-0.15, -0.1) is 11.3 Å². The summed E-state index contributed by atoms with van der Waals surface area (Å²) in [7, 11) is 0. The van der Waals surface area contributed by atoms with E-state index < -0.39 is 11.6 Å². The minimum atomic E-state index is -0.811. The first-order valence-corrected chi connectivity index (χ1v) is 6.09. The number of hydrogen-bond acceptors (Lipinski definition) is 3. The van der Waals surface area contributed by atoms with E-state index in [0.717, 1.165) is 16.8 Å². The fourth-order valence-corrected chi connectivity index (χ4v) is 2.11. The van der Waals surface area contributed by atoms with Gasteiger partial charge in [0.25, 0.3) is 0 Å². The highest BCUT2D eigenvalue weighted by Crippen LogP contribution is 2.12. The molecule has 1 heterocycles. The van der Waals surface area contributed by atoms with Gasteiger partial charge in [0, 0.05) is 24.0 Å². The molecule has 0 aliphatic carbocycles. The molecular weight excluding hydrogens is 242 g/mol. The Bertz CT molecular complexity index is 511. The molecule has 0 saturated heterocycles. The van der Waals surface area contributed by atoms with Crippen molar-refractivity contribution < 1.29 is 8.78 Å². The molecule has 17 heavy (non-hydrogen) atoms. The van der Waals surface area contributed by atoms with Gasteiger partial charge in [-0.3, -0.25) is 0 Å². The summed E-state index contributed by atoms with van der Waals surface area (Å²) in [4.78, 5) is 4.27. The van der Waals surface area contributed by atoms with Crippen LogP contribution in [0.15, 0.2) is 23.6 Å². The second-order valence-electron chi connectivity index (χ2n) is 3.67. The number of thiazole rings is 1. The molecule has 0 aliphatic heterocycles. The molecule has 5 heteroatoms. The van der Waals surface area contributed by atoms with Gasteiger partial charge in [0.15, 0.2) is 11.6 Å². The SMILES string of the molecule is Cc1nc(CNCc2cccc(F)c2F)cs1. The summed E-state index contributed by atoms with van der Waals surface area (Å²) in [5.41, 5.74) is 1.25. The van der Waals surface area contributed by atoms with Crippen molar-refractivity contribution in [3.63, 3.8) is 0 Å². The smallest absolute Gasteiger partial charge is 0.163 e. The molecule has 2 nitrogen and oxygen atoms in total. The van der Waals surface area contributed by atoms with Gasteiger partial charge in [-0.1, -0.05) is 12.1 Å². The Hall–Kier alpha value is -1.33. The van der Waals surface area contributed by atoms with Crippen LogP contribution in [0.2, 0.25) is 0 Å². The van der Waals surface area contributed by atoms with E-state index in [1.54, 1.807) is 17.4 Å². The summed E-state index contributed by atoms with van der Waals surface area (Å²) in [6.45, 7) is 2.78. The van der Waals surface area contributed by atoms with Crippen LogP contribution in [0, 0.1) is 18.6 Å². The number of rotatable bonds is 4. The van der Waals surface area contributed by atoms with Gasteiger partial charge in [-0.05, 0) is 13.0 Å². The molecule has 0 spiro atoms. The summed E-state index contributed by atoms with van der Waals surface area (Å²) < 4.78 is 26.2. The average molecular weight is 254 g/mol. The maximum absolute atomic E-state index is 13.3. The summed E-state index contributed by atoms with van der Waals surface area (Å²) in [5.74, 6) is -1.59. The monoisotopic (exact) mass is 254 g/mol. The number of halogens is 2. The number of aromatic nitrogens is 1. The van der Waals surface area contributed by atoms with E-state index in [1.165, 1.54) is 6.07 Å². The van der Waals surface area contributed by atoms with Gasteiger partial charge >= 0.3 is 0 Å². The van der Waals surface area contributed by atoms with Gasteiger partial charge in [0.2, 0.25) is 0 Å². The highest BCUT2D eigenvalue weighted by Gasteiger charge is 2.07. The topological polar surface area (TPSA) is 24.9 Å². The molecule has 90 valence electrons. The van der Waals surface area contributed by atoms with Crippen molar-refractivity contribution in [1.82, 2.24) is 10.3 Å². The fourth-order valence-electron chi connectivity index (χ4n) is 1.50. The van der Waals surface area contributed by atoms with Gasteiger partial charge in [0.1, 0.15) is 0 Å². The van der Waals surface area contributed by atoms with Gasteiger partial charge < -0.3 is 5.32 Å². The Balaban J connectivity index is 1.92. The van der Waals surface area contributed by atoms with Crippen molar-refractivity contribution in [3.8, 4) is 0 Å². The first kappa shape index (κ1) is 12.1. The third-order valence-electron chi connectivity index (χ3n) is 2.32. The largest absolute Gasteiger partial charge is 0.307 e. The lowest BCUT2D eigenvalue weighted by atomic mass is 10.2. The van der Waals surface area contributed by atoms with Crippen molar-refractivity contribution in [2.45, 2.75) is 20.0 Å². The number of aryl methyl sites for hydroxylation is 1. The van der Waals surface area contributed by atoms with E-state index in [2.05, 4.69) is 10.3 Å². The van der Waals surface area contributed by atoms with Crippen LogP contribution in [0.3, 0.4) is 0 Å². The average Bonchev–Trinajstić information content (AvgIpc) is 2.70. The van der Waals surface area contributed by atoms with Crippen LogP contribution in [0.1, 0.15) is 16.3 Å². The third-order valence-corrected chi connectivity index (χ3v) is 3.14. The molecular formula is C12H12F2N2S. The summed E-state index contributed by atoms with van der Waals surface area (Å²) in [6.07, 6.45) is 0. The van der Waals surface area contributed by atoms with Crippen molar-refractivity contribution in [3.05, 3.63) is 51.5 Å². The molecule has 0 aliphatic rings. The molecule has 0 unspecified atom stereocenters. The first-order valence-electron chi connectivity index (χ1n) is 5.21. The zero-order chi connectivity index (χ0) is 12.3. The minimum Gasteiger partial charge on any atom is -0.307 e. The Morgan fingerprint density at radius 3 is 2.82 bits per heavy atom. The Labute approximate surface area is 102 Å². The van der Waals surface area contributed by atoms with Crippen molar-refractivity contribution >= 4 is 11.3 Å². The van der Waals surface area contributed by atoms with Gasteiger partial charge in [-0.25, -0.2) is 13.8 Å². The molecule has 0 atom stereocenters. The van der Waals surface area contributed by atoms with E-state index in [0.29, 0.717) is 18.7 Å². The lowest BCUT2D eigenvalue weighted by Gasteiger charge is -2.04. The van der Waals surface area contributed by atoms with Crippen LogP contribution in [0.5, 0.6) is 0 Å². The summed E-state index contributed by atoms with van der Waals surface area (Å²) >= 11 is 1.57. The molecule has 0 bridgehead atoms. The third kappa shape index (κ3) is 3.08. The molecule has 1 aromatic carbocycles. The molecule has 0 saturated carbocycles. The van der Waals surface area contributed by atoms with Crippen molar-refractivity contribution in [2.24, 2.45) is 0 Å². The highest BCUT2D eigenvalue weighted by molar-refractivity contribution is 7.09. The van der Waals surface area contributed by atoms with Crippen LogP contribution in [-0.4, -0.2) is 4.98 Å². The molecule has 1 aromatic heterocycles. The van der Waals surface area contributed by atoms with E-state index in [9.17, 15) is 8.78 Å². The van der Waals surface area contributed by atoms with E-state index in [4.69, 9.17) is 0 Å². The van der Waals surface area contributed by atoms with Gasteiger partial charge in [-0.2, -0.15) is 0 Å². The second kappa shape index (κ2) is 5.33. The zero-order valence-electron chi connectivity index (χ0n) is 9.34. The van der Waals surface area contributed by atoms with Crippen molar-refractivity contribution in [2.75, 3.05) is 0 Å². The van der Waals surface area contributed by atoms with Crippen molar-refractivity contribution in [1.29, 1.82) is 0 Å². The van der Waals surface area contributed by atoms with Crippen LogP contribution >= 0.6 is 11.3 Å². The number of nitrogens with zero attached hydrogens (tertiary/aromatic N) is 1. The van der Waals surface area contributed by atoms with Crippen LogP contribution in [-0.2, 0) is 13.1 Å². The Kier molecular flexibility index (Phi) is 3.81. The van der Waals surface area contributed by atoms with Crippen LogP contribution in [0.25, 0.3) is 0 Å². The van der Waals surface area contributed by atoms with E-state index in [-0.39, 0.29) is 0 Å². The lowest BCUT2D eigenvalue weighted by molar-refractivity contribution is 0.492. The summed E-state index contributed by atoms with van der Waals surface area (Å²) in [6, 6.07) is 4.18. The van der Waals surface area contributed by atoms with E-state index >= 15 is 0 Å². The zero-order valence-corrected chi connectivity index (χ0v) is 10.2. The lowest BCUT2D eigenvalue weighted by Crippen LogP contribution is -2.14. The first-order chi connectivity index (χ1) is 8.16. The standard InChI is InChI=1S/C12H12F2N2S/c1-8-16-10(7-17-8)6-15-5-9-3-2-4-11(13)12(9)14/h2-4,7,15H,5-6H2,1H3. The maximum Gasteiger partial charge on any atom is 0.163 e. The number of nitrogens with one attached hydrogen (secondary N) is 1. The molecule has 0 radical (unpaired) electrons. The van der Waals surface area contributed by atoms with Gasteiger partial charge in [0.05, 0.1) is 10.7 Å². The van der Waals surface area contributed by atoms with Crippen LogP contribution < -0.4 is 5.32 Å². The molecule has 2 rings (SSSR count). The molecule has 0 fully saturated rings. The van der Waals surface area contributed by atoms with Crippen LogP contribution in [0.4, 0.5) is 8.78 Å². The molecule has 1 N–H and O–H groups in total. The number of benzene rings is 1. The minimum absolute atomic E-state index is 0.292. The predicted molar refractivity (Wildman–Crippen MR) is 63.8 cm³/mol. The highest BCUT2D eigenvalue weighted by atomic mass is 32.1. The normalized spacial score (nSPS) is 10.8. The fraction of sp³-hybridized carbons (Fsp3) is 0.250. The molecule has 2 aromatic rings. The Morgan fingerprint density at radius 2 is 2.12 bits per heavy atom. The second-order valence-corrected chi connectivity index (χ2v) is 4.74. The Morgan fingerprint density at radius 1 is 1.29 bits per heavy atom. The summed E-state index contributed by atoms with van der Waals surface area (Å²) in [5, 5.41) is 5.98. The quantitative estimate of drug-likeness (QED) is 0.907. The molecule has 0 amide bonds.